The fourth-order valence-electron chi connectivity index (χ4n) is 4.70. The van der Waals surface area contributed by atoms with Crippen LogP contribution in [0.1, 0.15) is 35.3 Å². The Hall–Kier alpha value is -3.15. The summed E-state index contributed by atoms with van der Waals surface area (Å²) >= 11 is 0. The minimum Gasteiger partial charge on any atom is -0.369 e. The van der Waals surface area contributed by atoms with E-state index < -0.39 is 5.43 Å². The van der Waals surface area contributed by atoms with Gasteiger partial charge >= 0.3 is 0 Å². The Morgan fingerprint density at radius 2 is 1.90 bits per heavy atom. The van der Waals surface area contributed by atoms with Gasteiger partial charge in [-0.25, -0.2) is 4.39 Å². The number of carbonyl (C=O) groups is 1. The molecule has 0 atom stereocenters. The largest absolute Gasteiger partial charge is 0.369 e. The lowest BCUT2D eigenvalue weighted by molar-refractivity contribution is 0.0958. The van der Waals surface area contributed by atoms with E-state index in [0.29, 0.717) is 17.7 Å². The lowest BCUT2D eigenvalue weighted by Crippen LogP contribution is -2.31. The van der Waals surface area contributed by atoms with Crippen molar-refractivity contribution in [1.29, 1.82) is 0 Å². The number of piperidine rings is 1. The molecule has 5 nitrogen and oxygen atoms in total. The van der Waals surface area contributed by atoms with Gasteiger partial charge in [0.1, 0.15) is 5.82 Å². The van der Waals surface area contributed by atoms with Gasteiger partial charge in [0.2, 0.25) is 0 Å². The zero-order chi connectivity index (χ0) is 20.8. The lowest BCUT2D eigenvalue weighted by atomic mass is 10.0. The molecule has 6 heteroatoms. The third-order valence-corrected chi connectivity index (χ3v) is 6.19. The zero-order valence-corrected chi connectivity index (χ0v) is 17.0. The van der Waals surface area contributed by atoms with Crippen molar-refractivity contribution in [1.82, 2.24) is 9.30 Å². The van der Waals surface area contributed by atoms with E-state index in [2.05, 4.69) is 4.90 Å². The minimum absolute atomic E-state index is 0.108. The number of halogens is 1. The van der Waals surface area contributed by atoms with E-state index in [9.17, 15) is 9.59 Å². The highest BCUT2D eigenvalue weighted by Crippen LogP contribution is 2.36. The van der Waals surface area contributed by atoms with Gasteiger partial charge in [-0.15, -0.1) is 0 Å². The number of ketones is 1. The molecule has 2 aromatic heterocycles. The van der Waals surface area contributed by atoms with Gasteiger partial charge in [-0.2, -0.15) is 0 Å². The molecule has 1 fully saturated rings. The van der Waals surface area contributed by atoms with E-state index in [1.54, 1.807) is 6.20 Å². The molecule has 0 aliphatic carbocycles. The quantitative estimate of drug-likeness (QED) is 0.618. The summed E-state index contributed by atoms with van der Waals surface area (Å²) in [4.78, 5) is 30.1. The summed E-state index contributed by atoms with van der Waals surface area (Å²) in [7, 11) is 0. The molecule has 0 bridgehead atoms. The van der Waals surface area contributed by atoms with Crippen LogP contribution < -0.4 is 10.3 Å². The molecule has 154 valence electrons. The molecule has 5 rings (SSSR count). The van der Waals surface area contributed by atoms with Crippen LogP contribution in [0.15, 0.2) is 47.6 Å². The molecule has 0 unspecified atom stereocenters. The van der Waals surface area contributed by atoms with Crippen molar-refractivity contribution in [3.8, 4) is 0 Å². The van der Waals surface area contributed by atoms with Crippen LogP contribution in [-0.2, 0) is 0 Å². The molecule has 30 heavy (non-hydrogen) atoms. The number of rotatable bonds is 4. The van der Waals surface area contributed by atoms with Crippen LogP contribution in [-0.4, -0.2) is 41.3 Å². The fourth-order valence-corrected chi connectivity index (χ4v) is 4.70. The summed E-state index contributed by atoms with van der Waals surface area (Å²) in [5, 5.41) is 1.03. The number of aryl methyl sites for hydroxylation is 1. The second-order valence-electron chi connectivity index (χ2n) is 8.21. The number of benzene rings is 1. The Bertz CT molecular complexity index is 1250. The molecule has 2 aliphatic heterocycles. The number of aromatic nitrogens is 1. The summed E-state index contributed by atoms with van der Waals surface area (Å²) in [6.07, 6.45) is 12.5. The Morgan fingerprint density at radius 1 is 1.10 bits per heavy atom. The highest BCUT2D eigenvalue weighted by molar-refractivity contribution is 6.07. The van der Waals surface area contributed by atoms with Crippen molar-refractivity contribution in [2.45, 2.75) is 26.2 Å². The number of hydrogen-bond donors (Lipinski definition) is 0. The molecule has 0 saturated carbocycles. The van der Waals surface area contributed by atoms with Gasteiger partial charge < -0.3 is 14.2 Å². The molecule has 2 aliphatic rings. The van der Waals surface area contributed by atoms with Crippen molar-refractivity contribution in [2.75, 3.05) is 31.1 Å². The highest BCUT2D eigenvalue weighted by atomic mass is 19.1. The maximum atomic E-state index is 15.3. The minimum atomic E-state index is -0.392. The predicted molar refractivity (Wildman–Crippen MR) is 117 cm³/mol. The number of allylic oxidation sites excluding steroid dienone is 2. The molecule has 1 saturated heterocycles. The predicted octanol–water partition coefficient (Wildman–Crippen LogP) is 3.90. The van der Waals surface area contributed by atoms with E-state index >= 15 is 4.39 Å². The zero-order valence-electron chi connectivity index (χ0n) is 17.0. The maximum absolute atomic E-state index is 15.3. The van der Waals surface area contributed by atoms with Crippen LogP contribution in [0.25, 0.3) is 16.3 Å². The first-order valence-electron chi connectivity index (χ1n) is 10.5. The monoisotopic (exact) mass is 405 g/mol. The summed E-state index contributed by atoms with van der Waals surface area (Å²) in [5.41, 5.74) is 1.88. The standard InChI is InChI=1S/C24H24FN3O2/c1-16-12-17-22-18(13-20(25)23(17)27-10-6-3-7-11-27)24(30)19(14-28(16)22)21(29)15-26-8-4-2-5-9-26/h2,4-5,8,12-14H,3,6-7,9-11,15H2,1H3. The smallest absolute Gasteiger partial charge is 0.200 e. The highest BCUT2D eigenvalue weighted by Gasteiger charge is 2.25. The van der Waals surface area contributed by atoms with E-state index in [1.165, 1.54) is 6.07 Å². The van der Waals surface area contributed by atoms with E-state index in [1.807, 2.05) is 46.7 Å². The number of carbonyl (C=O) groups excluding carboxylic acids is 1. The number of nitrogens with zero attached hydrogens (tertiary/aromatic N) is 3. The Balaban J connectivity index is 1.64. The van der Waals surface area contributed by atoms with E-state index in [0.717, 1.165) is 43.4 Å². The Kier molecular flexibility index (Phi) is 4.57. The molecular weight excluding hydrogens is 381 g/mol. The summed E-state index contributed by atoms with van der Waals surface area (Å²) in [6, 6.07) is 3.26. The Morgan fingerprint density at radius 3 is 2.63 bits per heavy atom. The number of pyridine rings is 1. The summed E-state index contributed by atoms with van der Waals surface area (Å²) in [6.45, 7) is 4.31. The van der Waals surface area contributed by atoms with Gasteiger partial charge in [0, 0.05) is 36.9 Å². The van der Waals surface area contributed by atoms with Crippen LogP contribution in [0.4, 0.5) is 10.1 Å². The average Bonchev–Trinajstić information content (AvgIpc) is 3.07. The first-order valence-corrected chi connectivity index (χ1v) is 10.5. The number of anilines is 1. The average molecular weight is 405 g/mol. The van der Waals surface area contributed by atoms with Gasteiger partial charge in [-0.1, -0.05) is 12.2 Å². The van der Waals surface area contributed by atoms with Crippen molar-refractivity contribution in [3.63, 3.8) is 0 Å². The van der Waals surface area contributed by atoms with Crippen molar-refractivity contribution >= 4 is 27.8 Å². The third kappa shape index (κ3) is 2.98. The van der Waals surface area contributed by atoms with Crippen molar-refractivity contribution in [3.05, 3.63) is 70.1 Å². The molecule has 1 aromatic carbocycles. The molecular formula is C24H24FN3O2. The third-order valence-electron chi connectivity index (χ3n) is 6.19. The number of Topliss-reactive ketones (excluding diaryl/α,β-unsaturated/α-hetero) is 1. The summed E-state index contributed by atoms with van der Waals surface area (Å²) < 4.78 is 17.1. The van der Waals surface area contributed by atoms with Crippen LogP contribution in [0.3, 0.4) is 0 Å². The summed E-state index contributed by atoms with van der Waals surface area (Å²) in [5.74, 6) is -0.643. The molecule has 0 N–H and O–H groups in total. The van der Waals surface area contributed by atoms with Crippen molar-refractivity contribution in [2.24, 2.45) is 0 Å². The van der Waals surface area contributed by atoms with Gasteiger partial charge in [0.15, 0.2) is 11.2 Å². The first kappa shape index (κ1) is 18.9. The van der Waals surface area contributed by atoms with Gasteiger partial charge in [-0.05, 0) is 50.6 Å². The topological polar surface area (TPSA) is 45.0 Å². The van der Waals surface area contributed by atoms with E-state index in [-0.39, 0.29) is 29.1 Å². The molecule has 0 spiro atoms. The van der Waals surface area contributed by atoms with Crippen LogP contribution >= 0.6 is 0 Å². The maximum Gasteiger partial charge on any atom is 0.200 e. The second kappa shape index (κ2) is 7.27. The van der Waals surface area contributed by atoms with E-state index in [4.69, 9.17) is 0 Å². The van der Waals surface area contributed by atoms with Crippen LogP contribution in [0.5, 0.6) is 0 Å². The SMILES string of the molecule is Cc1cc2c(N3CCCCC3)c(F)cc3c(=O)c(C(=O)CN4C=CC=CC4)cn1c23. The molecule has 4 heterocycles. The normalized spacial score (nSPS) is 16.9. The molecule has 3 aromatic rings. The first-order chi connectivity index (χ1) is 14.5. The molecule has 0 radical (unpaired) electrons. The van der Waals surface area contributed by atoms with Gasteiger partial charge in [0.25, 0.3) is 0 Å². The van der Waals surface area contributed by atoms with Crippen LogP contribution in [0, 0.1) is 12.7 Å². The second-order valence-corrected chi connectivity index (χ2v) is 8.21. The van der Waals surface area contributed by atoms with Gasteiger partial charge in [0.05, 0.1) is 28.7 Å². The van der Waals surface area contributed by atoms with Crippen LogP contribution in [0.2, 0.25) is 0 Å². The lowest BCUT2D eigenvalue weighted by Gasteiger charge is -2.30. The van der Waals surface area contributed by atoms with Crippen molar-refractivity contribution < 1.29 is 9.18 Å². The molecule has 0 amide bonds. The Labute approximate surface area is 174 Å². The number of hydrogen-bond acceptors (Lipinski definition) is 4. The van der Waals surface area contributed by atoms with Gasteiger partial charge in [-0.3, -0.25) is 9.59 Å². The fraction of sp³-hybridized carbons (Fsp3) is 0.333.